The van der Waals surface area contributed by atoms with Crippen LogP contribution in [0.1, 0.15) is 45.1 Å². The van der Waals surface area contributed by atoms with Crippen molar-refractivity contribution in [3.63, 3.8) is 0 Å². The molecule has 1 aromatic rings. The van der Waals surface area contributed by atoms with Crippen LogP contribution in [0.2, 0.25) is 0 Å². The normalized spacial score (nSPS) is 17.1. The van der Waals surface area contributed by atoms with Crippen molar-refractivity contribution in [3.05, 3.63) is 29.8 Å². The molecule has 1 atom stereocenters. The molecule has 0 saturated carbocycles. The quantitative estimate of drug-likeness (QED) is 0.825. The van der Waals surface area contributed by atoms with Gasteiger partial charge in [-0.2, -0.15) is 0 Å². The van der Waals surface area contributed by atoms with Gasteiger partial charge in [0.05, 0.1) is 0 Å². The maximum absolute atomic E-state index is 3.64. The van der Waals surface area contributed by atoms with Crippen molar-refractivity contribution < 1.29 is 0 Å². The monoisotopic (exact) mass is 246 g/mol. The van der Waals surface area contributed by atoms with Gasteiger partial charge in [-0.1, -0.05) is 31.5 Å². The van der Waals surface area contributed by atoms with Crippen molar-refractivity contribution in [2.75, 3.05) is 18.0 Å². The van der Waals surface area contributed by atoms with Crippen LogP contribution in [-0.2, 0) is 6.54 Å². The minimum absolute atomic E-state index is 0.613. The first kappa shape index (κ1) is 13.4. The summed E-state index contributed by atoms with van der Waals surface area (Å²) < 4.78 is 0. The second-order valence-electron chi connectivity index (χ2n) is 5.39. The lowest BCUT2D eigenvalue weighted by atomic mass is 10.1. The van der Waals surface area contributed by atoms with Crippen LogP contribution in [0.25, 0.3) is 0 Å². The topological polar surface area (TPSA) is 15.3 Å². The summed E-state index contributed by atoms with van der Waals surface area (Å²) in [4.78, 5) is 2.53. The molecule has 1 aliphatic rings. The van der Waals surface area contributed by atoms with Crippen LogP contribution in [0.15, 0.2) is 24.3 Å². The van der Waals surface area contributed by atoms with Gasteiger partial charge in [-0.15, -0.1) is 0 Å². The summed E-state index contributed by atoms with van der Waals surface area (Å²) in [5, 5.41) is 3.64. The number of anilines is 1. The van der Waals surface area contributed by atoms with E-state index >= 15 is 0 Å². The molecule has 18 heavy (non-hydrogen) atoms. The Morgan fingerprint density at radius 3 is 2.67 bits per heavy atom. The van der Waals surface area contributed by atoms with Crippen LogP contribution in [0.4, 0.5) is 5.69 Å². The molecule has 1 unspecified atom stereocenters. The van der Waals surface area contributed by atoms with Gasteiger partial charge in [-0.05, 0) is 37.8 Å². The SMILES string of the molecule is CCCC(C)NCc1ccccc1N1CCCC1. The van der Waals surface area contributed by atoms with Crippen LogP contribution < -0.4 is 10.2 Å². The molecule has 0 radical (unpaired) electrons. The number of benzene rings is 1. The lowest BCUT2D eigenvalue weighted by Gasteiger charge is -2.22. The molecule has 0 amide bonds. The zero-order valence-corrected chi connectivity index (χ0v) is 11.8. The molecule has 100 valence electrons. The molecule has 1 heterocycles. The molecule has 0 bridgehead atoms. The first-order valence-corrected chi connectivity index (χ1v) is 7.37. The van der Waals surface area contributed by atoms with Crippen LogP contribution in [-0.4, -0.2) is 19.1 Å². The van der Waals surface area contributed by atoms with E-state index in [1.807, 2.05) is 0 Å². The average Bonchev–Trinajstić information content (AvgIpc) is 2.91. The standard InChI is InChI=1S/C16H26N2/c1-3-8-14(2)17-13-15-9-4-5-10-16(15)18-11-6-7-12-18/h4-5,9-10,14,17H,3,6-8,11-13H2,1-2H3. The van der Waals surface area contributed by atoms with Crippen LogP contribution in [0.3, 0.4) is 0 Å². The molecular formula is C16H26N2. The Bertz CT molecular complexity index is 356. The summed E-state index contributed by atoms with van der Waals surface area (Å²) in [6, 6.07) is 9.46. The minimum atomic E-state index is 0.613. The smallest absolute Gasteiger partial charge is 0.0411 e. The molecule has 1 N–H and O–H groups in total. The first-order chi connectivity index (χ1) is 8.81. The summed E-state index contributed by atoms with van der Waals surface area (Å²) in [5.41, 5.74) is 2.88. The number of nitrogens with zero attached hydrogens (tertiary/aromatic N) is 1. The summed E-state index contributed by atoms with van der Waals surface area (Å²) in [6.45, 7) is 7.97. The van der Waals surface area contributed by atoms with E-state index in [1.165, 1.54) is 50.0 Å². The fourth-order valence-corrected chi connectivity index (χ4v) is 2.75. The van der Waals surface area contributed by atoms with Crippen LogP contribution in [0, 0.1) is 0 Å². The van der Waals surface area contributed by atoms with Crippen molar-refractivity contribution in [2.24, 2.45) is 0 Å². The van der Waals surface area contributed by atoms with Crippen molar-refractivity contribution in [3.8, 4) is 0 Å². The Labute approximate surface area is 111 Å². The van der Waals surface area contributed by atoms with E-state index in [0.717, 1.165) is 6.54 Å². The molecule has 0 spiro atoms. The molecule has 2 heteroatoms. The lowest BCUT2D eigenvalue weighted by Crippen LogP contribution is -2.27. The first-order valence-electron chi connectivity index (χ1n) is 7.37. The molecular weight excluding hydrogens is 220 g/mol. The second kappa shape index (κ2) is 6.79. The predicted octanol–water partition coefficient (Wildman–Crippen LogP) is 3.57. The van der Waals surface area contributed by atoms with Gasteiger partial charge in [0.15, 0.2) is 0 Å². The van der Waals surface area contributed by atoms with Gasteiger partial charge in [0.2, 0.25) is 0 Å². The molecule has 2 nitrogen and oxygen atoms in total. The third kappa shape index (κ3) is 3.49. The van der Waals surface area contributed by atoms with Gasteiger partial charge in [0.25, 0.3) is 0 Å². The van der Waals surface area contributed by atoms with Crippen molar-refractivity contribution >= 4 is 5.69 Å². The Balaban J connectivity index is 1.98. The molecule has 0 aliphatic carbocycles. The third-order valence-corrected chi connectivity index (χ3v) is 3.80. The van der Waals surface area contributed by atoms with Crippen LogP contribution in [0.5, 0.6) is 0 Å². The Kier molecular flexibility index (Phi) is 5.06. The maximum atomic E-state index is 3.64. The molecule has 1 aromatic carbocycles. The van der Waals surface area contributed by atoms with Crippen LogP contribution >= 0.6 is 0 Å². The van der Waals surface area contributed by atoms with Crippen molar-refractivity contribution in [1.29, 1.82) is 0 Å². The van der Waals surface area contributed by atoms with E-state index in [4.69, 9.17) is 0 Å². The van der Waals surface area contributed by atoms with E-state index in [9.17, 15) is 0 Å². The van der Waals surface area contributed by atoms with Gasteiger partial charge in [-0.3, -0.25) is 0 Å². The zero-order valence-electron chi connectivity index (χ0n) is 11.8. The molecule has 2 rings (SSSR count). The highest BCUT2D eigenvalue weighted by Crippen LogP contribution is 2.24. The van der Waals surface area contributed by atoms with Gasteiger partial charge < -0.3 is 10.2 Å². The Morgan fingerprint density at radius 2 is 1.94 bits per heavy atom. The highest BCUT2D eigenvalue weighted by molar-refractivity contribution is 5.54. The lowest BCUT2D eigenvalue weighted by molar-refractivity contribution is 0.508. The highest BCUT2D eigenvalue weighted by Gasteiger charge is 2.15. The van der Waals surface area contributed by atoms with E-state index in [2.05, 4.69) is 48.3 Å². The van der Waals surface area contributed by atoms with Gasteiger partial charge in [0, 0.05) is 31.4 Å². The molecule has 1 fully saturated rings. The molecule has 1 aliphatic heterocycles. The van der Waals surface area contributed by atoms with E-state index in [-0.39, 0.29) is 0 Å². The number of rotatable bonds is 6. The number of nitrogens with one attached hydrogen (secondary N) is 1. The Morgan fingerprint density at radius 1 is 1.22 bits per heavy atom. The highest BCUT2D eigenvalue weighted by atomic mass is 15.1. The van der Waals surface area contributed by atoms with E-state index < -0.39 is 0 Å². The summed E-state index contributed by atoms with van der Waals surface area (Å²) in [7, 11) is 0. The fraction of sp³-hybridized carbons (Fsp3) is 0.625. The van der Waals surface area contributed by atoms with Gasteiger partial charge in [0.1, 0.15) is 0 Å². The number of hydrogen-bond acceptors (Lipinski definition) is 2. The summed E-state index contributed by atoms with van der Waals surface area (Å²) >= 11 is 0. The summed E-state index contributed by atoms with van der Waals surface area (Å²) in [6.07, 6.45) is 5.19. The Hall–Kier alpha value is -1.02. The second-order valence-corrected chi connectivity index (χ2v) is 5.39. The summed E-state index contributed by atoms with van der Waals surface area (Å²) in [5.74, 6) is 0. The third-order valence-electron chi connectivity index (χ3n) is 3.80. The molecule has 0 aromatic heterocycles. The fourth-order valence-electron chi connectivity index (χ4n) is 2.75. The largest absolute Gasteiger partial charge is 0.371 e. The average molecular weight is 246 g/mol. The zero-order chi connectivity index (χ0) is 12.8. The number of para-hydroxylation sites is 1. The van der Waals surface area contributed by atoms with Gasteiger partial charge >= 0.3 is 0 Å². The number of hydrogen-bond donors (Lipinski definition) is 1. The predicted molar refractivity (Wildman–Crippen MR) is 79.1 cm³/mol. The van der Waals surface area contributed by atoms with E-state index in [1.54, 1.807) is 0 Å². The van der Waals surface area contributed by atoms with Gasteiger partial charge in [-0.25, -0.2) is 0 Å². The minimum Gasteiger partial charge on any atom is -0.371 e. The maximum Gasteiger partial charge on any atom is 0.0411 e. The van der Waals surface area contributed by atoms with E-state index in [0.29, 0.717) is 6.04 Å². The van der Waals surface area contributed by atoms with Crippen molar-refractivity contribution in [2.45, 2.75) is 52.1 Å². The van der Waals surface area contributed by atoms with Crippen molar-refractivity contribution in [1.82, 2.24) is 5.32 Å². The molecule has 1 saturated heterocycles.